The molecule has 1 aromatic carbocycles. The van der Waals surface area contributed by atoms with Crippen molar-refractivity contribution in [3.05, 3.63) is 34.6 Å². The number of hydrogen-bond donors (Lipinski definition) is 1. The number of hydrogen-bond acceptors (Lipinski definition) is 6. The van der Waals surface area contributed by atoms with E-state index in [1.165, 1.54) is 31.0 Å². The molecule has 4 aliphatic rings. The van der Waals surface area contributed by atoms with Crippen LogP contribution in [0.3, 0.4) is 0 Å². The van der Waals surface area contributed by atoms with Gasteiger partial charge in [0.2, 0.25) is 5.91 Å². The maximum atomic E-state index is 13.4. The van der Waals surface area contributed by atoms with Crippen molar-refractivity contribution in [1.82, 2.24) is 20.1 Å². The number of benzene rings is 1. The van der Waals surface area contributed by atoms with E-state index >= 15 is 0 Å². The standard InChI is InChI=1S/C24H29BrN4O3S/c1-2-32-21(30)14-33-23-28-27-20(29(23)19-5-3-18(25)4-6-19)13-26-22(31)24-10-15-7-16(11-24)9-17(8-15)12-24/h3-6,15-17H,2,7-14H2,1H3,(H,26,31). The summed E-state index contributed by atoms with van der Waals surface area (Å²) < 4.78 is 7.93. The molecule has 1 aromatic heterocycles. The summed E-state index contributed by atoms with van der Waals surface area (Å²) in [6, 6.07) is 7.83. The van der Waals surface area contributed by atoms with E-state index in [-0.39, 0.29) is 23.0 Å². The Morgan fingerprint density at radius 3 is 2.36 bits per heavy atom. The lowest BCUT2D eigenvalue weighted by atomic mass is 9.49. The van der Waals surface area contributed by atoms with Crippen molar-refractivity contribution in [2.45, 2.75) is 57.1 Å². The summed E-state index contributed by atoms with van der Waals surface area (Å²) in [5, 5.41) is 12.5. The van der Waals surface area contributed by atoms with Crippen molar-refractivity contribution in [3.8, 4) is 5.69 Å². The number of ether oxygens (including phenoxy) is 1. The minimum atomic E-state index is -0.287. The van der Waals surface area contributed by atoms with Gasteiger partial charge in [0.05, 0.1) is 18.9 Å². The van der Waals surface area contributed by atoms with Crippen LogP contribution in [0.5, 0.6) is 0 Å². The number of rotatable bonds is 8. The van der Waals surface area contributed by atoms with Gasteiger partial charge in [0, 0.05) is 15.6 Å². The molecule has 0 aliphatic heterocycles. The first-order chi connectivity index (χ1) is 16.0. The van der Waals surface area contributed by atoms with E-state index in [1.807, 2.05) is 28.8 Å². The Balaban J connectivity index is 1.33. The summed E-state index contributed by atoms with van der Waals surface area (Å²) in [5.74, 6) is 2.86. The molecular weight excluding hydrogens is 504 g/mol. The first-order valence-electron chi connectivity index (χ1n) is 11.7. The van der Waals surface area contributed by atoms with Gasteiger partial charge in [-0.2, -0.15) is 0 Å². The number of halogens is 1. The van der Waals surface area contributed by atoms with E-state index in [9.17, 15) is 9.59 Å². The Morgan fingerprint density at radius 1 is 1.12 bits per heavy atom. The Bertz CT molecular complexity index is 1000. The molecule has 4 bridgehead atoms. The summed E-state index contributed by atoms with van der Waals surface area (Å²) in [7, 11) is 0. The Kier molecular flexibility index (Phi) is 6.53. The zero-order valence-electron chi connectivity index (χ0n) is 18.8. The number of carbonyl (C=O) groups excluding carboxylic acids is 2. The first-order valence-corrected chi connectivity index (χ1v) is 13.5. The molecule has 7 nitrogen and oxygen atoms in total. The number of esters is 1. The van der Waals surface area contributed by atoms with Gasteiger partial charge in [-0.1, -0.05) is 27.7 Å². The molecule has 33 heavy (non-hydrogen) atoms. The van der Waals surface area contributed by atoms with Crippen LogP contribution < -0.4 is 5.32 Å². The molecule has 0 spiro atoms. The molecule has 176 valence electrons. The summed E-state index contributed by atoms with van der Waals surface area (Å²) >= 11 is 4.76. The third-order valence-electron chi connectivity index (χ3n) is 7.34. The largest absolute Gasteiger partial charge is 0.465 e. The normalized spacial score (nSPS) is 27.5. The zero-order valence-corrected chi connectivity index (χ0v) is 21.2. The second-order valence-corrected chi connectivity index (χ2v) is 11.5. The maximum Gasteiger partial charge on any atom is 0.316 e. The molecule has 6 rings (SSSR count). The van der Waals surface area contributed by atoms with Crippen LogP contribution in [0.1, 0.15) is 51.3 Å². The minimum Gasteiger partial charge on any atom is -0.465 e. The van der Waals surface area contributed by atoms with E-state index in [0.717, 1.165) is 47.2 Å². The molecule has 1 heterocycles. The van der Waals surface area contributed by atoms with Crippen LogP contribution in [-0.2, 0) is 20.9 Å². The molecule has 2 aromatic rings. The third kappa shape index (κ3) is 4.71. The van der Waals surface area contributed by atoms with Crippen LogP contribution in [0.15, 0.2) is 33.9 Å². The van der Waals surface area contributed by atoms with Crippen LogP contribution in [0.4, 0.5) is 0 Å². The lowest BCUT2D eigenvalue weighted by Gasteiger charge is -2.55. The van der Waals surface area contributed by atoms with Crippen LogP contribution in [0, 0.1) is 23.2 Å². The summed E-state index contributed by atoms with van der Waals surface area (Å²) in [6.07, 6.45) is 7.03. The molecule has 4 saturated carbocycles. The van der Waals surface area contributed by atoms with Gasteiger partial charge in [-0.3, -0.25) is 14.2 Å². The van der Waals surface area contributed by atoms with Crippen LogP contribution in [-0.4, -0.2) is 39.0 Å². The van der Waals surface area contributed by atoms with Gasteiger partial charge in [-0.15, -0.1) is 10.2 Å². The van der Waals surface area contributed by atoms with Crippen LogP contribution in [0.2, 0.25) is 0 Å². The van der Waals surface area contributed by atoms with Gasteiger partial charge >= 0.3 is 5.97 Å². The Labute approximate surface area is 206 Å². The van der Waals surface area contributed by atoms with Crippen LogP contribution >= 0.6 is 27.7 Å². The number of amides is 1. The van der Waals surface area contributed by atoms with Gasteiger partial charge in [-0.05, 0) is 87.5 Å². The highest BCUT2D eigenvalue weighted by Gasteiger charge is 2.54. The van der Waals surface area contributed by atoms with Gasteiger partial charge in [0.1, 0.15) is 0 Å². The average molecular weight is 533 g/mol. The fraction of sp³-hybridized carbons (Fsp3) is 0.583. The van der Waals surface area contributed by atoms with E-state index in [1.54, 1.807) is 6.92 Å². The van der Waals surface area contributed by atoms with Gasteiger partial charge in [-0.25, -0.2) is 0 Å². The number of thioether (sulfide) groups is 1. The van der Waals surface area contributed by atoms with Gasteiger partial charge < -0.3 is 10.1 Å². The predicted octanol–water partition coefficient (Wildman–Crippen LogP) is 4.52. The summed E-state index contributed by atoms with van der Waals surface area (Å²) in [4.78, 5) is 25.3. The number of nitrogens with zero attached hydrogens (tertiary/aromatic N) is 3. The highest BCUT2D eigenvalue weighted by Crippen LogP contribution is 2.60. The second kappa shape index (κ2) is 9.41. The van der Waals surface area contributed by atoms with Crippen LogP contribution in [0.25, 0.3) is 5.69 Å². The zero-order chi connectivity index (χ0) is 23.0. The van der Waals surface area contributed by atoms with Crippen molar-refractivity contribution in [2.75, 3.05) is 12.4 Å². The predicted molar refractivity (Wildman–Crippen MR) is 129 cm³/mol. The first kappa shape index (κ1) is 22.9. The highest BCUT2D eigenvalue weighted by molar-refractivity contribution is 9.10. The molecule has 4 aliphatic carbocycles. The second-order valence-electron chi connectivity index (χ2n) is 9.68. The molecule has 0 saturated heterocycles. The van der Waals surface area contributed by atoms with E-state index < -0.39 is 0 Å². The summed E-state index contributed by atoms with van der Waals surface area (Å²) in [5.41, 5.74) is 0.687. The fourth-order valence-corrected chi connectivity index (χ4v) is 7.45. The summed E-state index contributed by atoms with van der Waals surface area (Å²) in [6.45, 7) is 2.45. The molecule has 0 unspecified atom stereocenters. The van der Waals surface area contributed by atoms with Gasteiger partial charge in [0.25, 0.3) is 0 Å². The van der Waals surface area contributed by atoms with Gasteiger partial charge in [0.15, 0.2) is 11.0 Å². The van der Waals surface area contributed by atoms with Crippen molar-refractivity contribution < 1.29 is 14.3 Å². The monoisotopic (exact) mass is 532 g/mol. The van der Waals surface area contributed by atoms with Crippen molar-refractivity contribution >= 4 is 39.6 Å². The molecule has 1 N–H and O–H groups in total. The van der Waals surface area contributed by atoms with E-state index in [4.69, 9.17) is 4.74 Å². The molecule has 4 fully saturated rings. The highest BCUT2D eigenvalue weighted by atomic mass is 79.9. The molecule has 0 radical (unpaired) electrons. The third-order valence-corrected chi connectivity index (χ3v) is 8.77. The average Bonchev–Trinajstić information content (AvgIpc) is 3.18. The van der Waals surface area contributed by atoms with Crippen molar-refractivity contribution in [2.24, 2.45) is 23.2 Å². The number of aromatic nitrogens is 3. The lowest BCUT2D eigenvalue weighted by Crippen LogP contribution is -2.53. The number of carbonyl (C=O) groups is 2. The van der Waals surface area contributed by atoms with Crippen molar-refractivity contribution in [1.29, 1.82) is 0 Å². The quantitative estimate of drug-likeness (QED) is 0.397. The molecular formula is C24H29BrN4O3S. The Morgan fingerprint density at radius 2 is 1.76 bits per heavy atom. The van der Waals surface area contributed by atoms with Crippen molar-refractivity contribution in [3.63, 3.8) is 0 Å². The smallest absolute Gasteiger partial charge is 0.316 e. The minimum absolute atomic E-state index is 0.155. The number of nitrogens with one attached hydrogen (secondary N) is 1. The van der Waals surface area contributed by atoms with E-state index in [2.05, 4.69) is 31.4 Å². The Hall–Kier alpha value is -1.87. The van der Waals surface area contributed by atoms with E-state index in [0.29, 0.717) is 24.1 Å². The fourth-order valence-electron chi connectivity index (χ4n) is 6.42. The molecule has 1 amide bonds. The SMILES string of the molecule is CCOC(=O)CSc1nnc(CNC(=O)C23CC4CC(CC(C4)C2)C3)n1-c1ccc(Br)cc1. The maximum absolute atomic E-state index is 13.4. The molecule has 0 atom stereocenters. The lowest BCUT2D eigenvalue weighted by molar-refractivity contribution is -0.146. The topological polar surface area (TPSA) is 86.1 Å². The molecule has 9 heteroatoms.